The fourth-order valence-corrected chi connectivity index (χ4v) is 5.49. The highest BCUT2D eigenvalue weighted by molar-refractivity contribution is 5.77. The Morgan fingerprint density at radius 3 is 2.42 bits per heavy atom. The SMILES string of the molecule is NC(=NCC1CCCCC1)NCCCC1CCC2CCCCC2C1. The zero-order valence-electron chi connectivity index (χ0n) is 15.6. The van der Waals surface area contributed by atoms with Crippen LogP contribution in [0.15, 0.2) is 4.99 Å². The molecule has 3 unspecified atom stereocenters. The molecule has 24 heavy (non-hydrogen) atoms. The number of guanidine groups is 1. The van der Waals surface area contributed by atoms with E-state index in [2.05, 4.69) is 10.3 Å². The maximum atomic E-state index is 6.04. The minimum Gasteiger partial charge on any atom is -0.370 e. The third-order valence-electron chi connectivity index (χ3n) is 6.99. The second-order valence-corrected chi connectivity index (χ2v) is 8.78. The van der Waals surface area contributed by atoms with Crippen molar-refractivity contribution in [1.82, 2.24) is 5.32 Å². The van der Waals surface area contributed by atoms with Crippen LogP contribution in [-0.2, 0) is 0 Å². The van der Waals surface area contributed by atoms with E-state index in [1.807, 2.05) is 0 Å². The first-order chi connectivity index (χ1) is 11.8. The Kier molecular flexibility index (Phi) is 7.29. The van der Waals surface area contributed by atoms with E-state index in [1.165, 1.54) is 89.9 Å². The van der Waals surface area contributed by atoms with Gasteiger partial charge >= 0.3 is 0 Å². The average Bonchev–Trinajstić information content (AvgIpc) is 2.64. The van der Waals surface area contributed by atoms with Crippen molar-refractivity contribution >= 4 is 5.96 Å². The Morgan fingerprint density at radius 1 is 0.833 bits per heavy atom. The molecule has 0 heterocycles. The molecule has 0 saturated heterocycles. The standard InChI is InChI=1S/C21H39N3/c22-21(24-16-18-7-2-1-3-8-18)23-14-6-9-17-12-13-19-10-4-5-11-20(19)15-17/h17-20H,1-16H2,(H3,22,23,24). The molecular formula is C21H39N3. The Morgan fingerprint density at radius 2 is 1.58 bits per heavy atom. The lowest BCUT2D eigenvalue weighted by Crippen LogP contribution is -2.33. The van der Waals surface area contributed by atoms with Gasteiger partial charge in [-0.1, -0.05) is 51.4 Å². The van der Waals surface area contributed by atoms with Gasteiger partial charge in [-0.15, -0.1) is 0 Å². The molecule has 3 N–H and O–H groups in total. The normalized spacial score (nSPS) is 32.3. The summed E-state index contributed by atoms with van der Waals surface area (Å²) in [6.45, 7) is 1.94. The first kappa shape index (κ1) is 18.1. The minimum atomic E-state index is 0.677. The predicted molar refractivity (Wildman–Crippen MR) is 103 cm³/mol. The zero-order chi connectivity index (χ0) is 16.6. The first-order valence-electron chi connectivity index (χ1n) is 10.8. The van der Waals surface area contributed by atoms with Crippen molar-refractivity contribution < 1.29 is 0 Å². The zero-order valence-corrected chi connectivity index (χ0v) is 15.6. The molecule has 3 atom stereocenters. The predicted octanol–water partition coefficient (Wildman–Crippen LogP) is 4.86. The van der Waals surface area contributed by atoms with E-state index in [0.717, 1.165) is 36.8 Å². The van der Waals surface area contributed by atoms with Gasteiger partial charge in [0.15, 0.2) is 5.96 Å². The maximum absolute atomic E-state index is 6.04. The molecule has 0 aromatic rings. The summed E-state index contributed by atoms with van der Waals surface area (Å²) >= 11 is 0. The van der Waals surface area contributed by atoms with Gasteiger partial charge in [-0.05, 0) is 62.2 Å². The molecule has 0 aromatic carbocycles. The maximum Gasteiger partial charge on any atom is 0.188 e. The molecular weight excluding hydrogens is 294 g/mol. The summed E-state index contributed by atoms with van der Waals surface area (Å²) in [4.78, 5) is 4.57. The van der Waals surface area contributed by atoms with Crippen LogP contribution < -0.4 is 11.1 Å². The van der Waals surface area contributed by atoms with E-state index in [4.69, 9.17) is 5.73 Å². The molecule has 0 spiro atoms. The Bertz CT molecular complexity index is 387. The van der Waals surface area contributed by atoms with Crippen LogP contribution in [0.5, 0.6) is 0 Å². The highest BCUT2D eigenvalue weighted by Gasteiger charge is 2.31. The molecule has 3 rings (SSSR count). The van der Waals surface area contributed by atoms with Crippen molar-refractivity contribution in [2.75, 3.05) is 13.1 Å². The van der Waals surface area contributed by atoms with Gasteiger partial charge in [-0.3, -0.25) is 4.99 Å². The monoisotopic (exact) mass is 333 g/mol. The second kappa shape index (κ2) is 9.68. The molecule has 0 aliphatic heterocycles. The molecule has 3 saturated carbocycles. The second-order valence-electron chi connectivity index (χ2n) is 8.78. The number of nitrogens with one attached hydrogen (secondary N) is 1. The summed E-state index contributed by atoms with van der Waals surface area (Å²) in [5, 5.41) is 3.35. The van der Waals surface area contributed by atoms with Crippen LogP contribution >= 0.6 is 0 Å². The van der Waals surface area contributed by atoms with Gasteiger partial charge in [0.05, 0.1) is 0 Å². The van der Waals surface area contributed by atoms with E-state index in [9.17, 15) is 0 Å². The van der Waals surface area contributed by atoms with Gasteiger partial charge in [-0.2, -0.15) is 0 Å². The molecule has 3 fully saturated rings. The van der Waals surface area contributed by atoms with Crippen LogP contribution in [0.25, 0.3) is 0 Å². The molecule has 0 amide bonds. The summed E-state index contributed by atoms with van der Waals surface area (Å²) in [5.74, 6) is 4.58. The van der Waals surface area contributed by atoms with E-state index in [1.54, 1.807) is 0 Å². The lowest BCUT2D eigenvalue weighted by molar-refractivity contribution is 0.125. The van der Waals surface area contributed by atoms with Crippen LogP contribution in [0.2, 0.25) is 0 Å². The van der Waals surface area contributed by atoms with Gasteiger partial charge in [0.1, 0.15) is 0 Å². The summed E-state index contributed by atoms with van der Waals surface area (Å²) in [7, 11) is 0. The highest BCUT2D eigenvalue weighted by Crippen LogP contribution is 2.43. The van der Waals surface area contributed by atoms with Gasteiger partial charge in [0.2, 0.25) is 0 Å². The van der Waals surface area contributed by atoms with Crippen LogP contribution in [0.1, 0.15) is 89.9 Å². The Labute approximate surface area is 149 Å². The lowest BCUT2D eigenvalue weighted by Gasteiger charge is -2.39. The number of nitrogens with two attached hydrogens (primary N) is 1. The third-order valence-corrected chi connectivity index (χ3v) is 6.99. The van der Waals surface area contributed by atoms with Gasteiger partial charge in [0, 0.05) is 13.1 Å². The summed E-state index contributed by atoms with van der Waals surface area (Å²) in [6, 6.07) is 0. The van der Waals surface area contributed by atoms with E-state index in [-0.39, 0.29) is 0 Å². The van der Waals surface area contributed by atoms with Crippen molar-refractivity contribution in [2.24, 2.45) is 34.4 Å². The molecule has 3 aliphatic rings. The van der Waals surface area contributed by atoms with Crippen molar-refractivity contribution in [2.45, 2.75) is 89.9 Å². The average molecular weight is 334 g/mol. The lowest BCUT2D eigenvalue weighted by atomic mass is 9.67. The number of hydrogen-bond acceptors (Lipinski definition) is 1. The molecule has 3 heteroatoms. The van der Waals surface area contributed by atoms with Gasteiger partial charge in [-0.25, -0.2) is 0 Å². The number of aliphatic imine (C=N–C) groups is 1. The molecule has 0 radical (unpaired) electrons. The van der Waals surface area contributed by atoms with Crippen LogP contribution in [-0.4, -0.2) is 19.0 Å². The fraction of sp³-hybridized carbons (Fsp3) is 0.952. The number of hydrogen-bond donors (Lipinski definition) is 2. The molecule has 3 aliphatic carbocycles. The molecule has 0 aromatic heterocycles. The van der Waals surface area contributed by atoms with E-state index < -0.39 is 0 Å². The van der Waals surface area contributed by atoms with E-state index >= 15 is 0 Å². The van der Waals surface area contributed by atoms with Gasteiger partial charge < -0.3 is 11.1 Å². The number of fused-ring (bicyclic) bond motifs is 1. The number of nitrogens with zero attached hydrogens (tertiary/aromatic N) is 1. The van der Waals surface area contributed by atoms with Gasteiger partial charge in [0.25, 0.3) is 0 Å². The minimum absolute atomic E-state index is 0.677. The van der Waals surface area contributed by atoms with Crippen LogP contribution in [0.3, 0.4) is 0 Å². The van der Waals surface area contributed by atoms with Crippen molar-refractivity contribution in [1.29, 1.82) is 0 Å². The van der Waals surface area contributed by atoms with Crippen LogP contribution in [0.4, 0.5) is 0 Å². The molecule has 138 valence electrons. The summed E-state index contributed by atoms with van der Waals surface area (Å²) < 4.78 is 0. The highest BCUT2D eigenvalue weighted by atomic mass is 15.1. The summed E-state index contributed by atoms with van der Waals surface area (Å²) in [6.07, 6.45) is 20.0. The summed E-state index contributed by atoms with van der Waals surface area (Å²) in [5.41, 5.74) is 6.04. The van der Waals surface area contributed by atoms with Crippen LogP contribution in [0, 0.1) is 23.7 Å². The topological polar surface area (TPSA) is 50.4 Å². The number of rotatable bonds is 6. The Balaban J connectivity index is 1.26. The largest absolute Gasteiger partial charge is 0.370 e. The van der Waals surface area contributed by atoms with Crippen molar-refractivity contribution in [3.63, 3.8) is 0 Å². The smallest absolute Gasteiger partial charge is 0.188 e. The quantitative estimate of drug-likeness (QED) is 0.414. The first-order valence-corrected chi connectivity index (χ1v) is 10.8. The van der Waals surface area contributed by atoms with Crippen molar-refractivity contribution in [3.8, 4) is 0 Å². The molecule has 0 bridgehead atoms. The Hall–Kier alpha value is -0.730. The third kappa shape index (κ3) is 5.67. The fourth-order valence-electron chi connectivity index (χ4n) is 5.49. The van der Waals surface area contributed by atoms with Crippen molar-refractivity contribution in [3.05, 3.63) is 0 Å². The van der Waals surface area contributed by atoms with E-state index in [0.29, 0.717) is 5.96 Å². The molecule has 3 nitrogen and oxygen atoms in total.